The van der Waals surface area contributed by atoms with Crippen molar-refractivity contribution in [3.8, 4) is 21.7 Å². The van der Waals surface area contributed by atoms with Gasteiger partial charge in [0.05, 0.1) is 5.56 Å². The van der Waals surface area contributed by atoms with Crippen LogP contribution < -0.4 is 4.57 Å². The molecule has 3 aromatic carbocycles. The van der Waals surface area contributed by atoms with Crippen molar-refractivity contribution in [2.24, 2.45) is 7.05 Å². The standard InChI is InChI=1S/C23H18NS2/c1-15-12-13-17(16-8-4-3-5-9-16)14-19(15)22-24(2)23-21(26-22)18-10-6-7-11-20(18)25-23/h3-14H,1-2H3/q+1. The number of rotatable bonds is 2. The lowest BCUT2D eigenvalue weighted by molar-refractivity contribution is -0.627. The van der Waals surface area contributed by atoms with Crippen LogP contribution in [0.3, 0.4) is 0 Å². The molecule has 0 radical (unpaired) electrons. The number of hydrogen-bond donors (Lipinski definition) is 0. The predicted octanol–water partition coefficient (Wildman–Crippen LogP) is 6.58. The first-order valence-electron chi connectivity index (χ1n) is 8.69. The summed E-state index contributed by atoms with van der Waals surface area (Å²) >= 11 is 3.79. The van der Waals surface area contributed by atoms with E-state index in [0.717, 1.165) is 0 Å². The topological polar surface area (TPSA) is 3.88 Å². The minimum Gasteiger partial charge on any atom is -0.175 e. The van der Waals surface area contributed by atoms with Crippen molar-refractivity contribution < 1.29 is 4.57 Å². The number of benzene rings is 3. The van der Waals surface area contributed by atoms with Crippen LogP contribution in [-0.2, 0) is 7.05 Å². The quantitative estimate of drug-likeness (QED) is 0.308. The molecule has 0 aliphatic carbocycles. The van der Waals surface area contributed by atoms with Gasteiger partial charge in [-0.25, -0.2) is 0 Å². The number of thiophene rings is 1. The maximum Gasteiger partial charge on any atom is 0.281 e. The third-order valence-corrected chi connectivity index (χ3v) is 7.60. The summed E-state index contributed by atoms with van der Waals surface area (Å²) in [6, 6.07) is 26.1. The lowest BCUT2D eigenvalue weighted by atomic mass is 10.00. The first kappa shape index (κ1) is 15.7. The maximum atomic E-state index is 2.36. The van der Waals surface area contributed by atoms with Crippen LogP contribution in [0.15, 0.2) is 72.8 Å². The summed E-state index contributed by atoms with van der Waals surface area (Å²) in [6.07, 6.45) is 0. The molecule has 3 heteroatoms. The van der Waals surface area contributed by atoms with Gasteiger partial charge in [-0.05, 0) is 35.7 Å². The van der Waals surface area contributed by atoms with Gasteiger partial charge in [-0.1, -0.05) is 83.3 Å². The second-order valence-corrected chi connectivity index (χ2v) is 8.62. The Morgan fingerprint density at radius 1 is 0.769 bits per heavy atom. The maximum absolute atomic E-state index is 2.36. The highest BCUT2D eigenvalue weighted by atomic mass is 32.1. The summed E-state index contributed by atoms with van der Waals surface area (Å²) in [5, 5.41) is 2.70. The van der Waals surface area contributed by atoms with Crippen molar-refractivity contribution in [3.63, 3.8) is 0 Å². The Morgan fingerprint density at radius 3 is 2.38 bits per heavy atom. The molecular formula is C23H18NS2+. The van der Waals surface area contributed by atoms with Gasteiger partial charge in [-0.2, -0.15) is 4.57 Å². The van der Waals surface area contributed by atoms with Crippen LogP contribution >= 0.6 is 22.7 Å². The van der Waals surface area contributed by atoms with Crippen LogP contribution in [0.5, 0.6) is 0 Å². The molecule has 0 N–H and O–H groups in total. The molecular weight excluding hydrogens is 354 g/mol. The minimum atomic E-state index is 1.26. The molecule has 0 aliphatic rings. The molecule has 5 rings (SSSR count). The smallest absolute Gasteiger partial charge is 0.175 e. The van der Waals surface area contributed by atoms with E-state index in [1.165, 1.54) is 46.9 Å². The Balaban J connectivity index is 1.74. The third-order valence-electron chi connectivity index (χ3n) is 4.92. The van der Waals surface area contributed by atoms with Crippen molar-refractivity contribution in [2.75, 3.05) is 0 Å². The Kier molecular flexibility index (Phi) is 3.66. The van der Waals surface area contributed by atoms with Gasteiger partial charge in [0, 0.05) is 10.1 Å². The van der Waals surface area contributed by atoms with Gasteiger partial charge in [0.25, 0.3) is 9.84 Å². The average Bonchev–Trinajstić information content (AvgIpc) is 3.20. The van der Waals surface area contributed by atoms with Crippen LogP contribution in [0, 0.1) is 6.92 Å². The Bertz CT molecular complexity index is 1250. The monoisotopic (exact) mass is 372 g/mol. The van der Waals surface area contributed by atoms with Crippen molar-refractivity contribution in [1.82, 2.24) is 0 Å². The predicted molar refractivity (Wildman–Crippen MR) is 114 cm³/mol. The van der Waals surface area contributed by atoms with Gasteiger partial charge < -0.3 is 0 Å². The summed E-state index contributed by atoms with van der Waals surface area (Å²) in [7, 11) is 2.19. The summed E-state index contributed by atoms with van der Waals surface area (Å²) in [6.45, 7) is 2.20. The van der Waals surface area contributed by atoms with Crippen LogP contribution in [0.2, 0.25) is 0 Å². The molecule has 0 atom stereocenters. The average molecular weight is 373 g/mol. The normalized spacial score (nSPS) is 11.5. The molecule has 0 bridgehead atoms. The van der Waals surface area contributed by atoms with Gasteiger partial charge in [-0.15, -0.1) is 0 Å². The Morgan fingerprint density at radius 2 is 1.54 bits per heavy atom. The highest BCUT2D eigenvalue weighted by Crippen LogP contribution is 2.40. The first-order valence-corrected chi connectivity index (χ1v) is 10.3. The third kappa shape index (κ3) is 2.39. The van der Waals surface area contributed by atoms with Crippen molar-refractivity contribution in [2.45, 2.75) is 6.92 Å². The Hall–Kier alpha value is -2.49. The van der Waals surface area contributed by atoms with Gasteiger partial charge >= 0.3 is 0 Å². The summed E-state index contributed by atoms with van der Waals surface area (Å²) < 4.78 is 5.13. The molecule has 0 fully saturated rings. The number of nitrogens with zero attached hydrogens (tertiary/aromatic N) is 1. The van der Waals surface area contributed by atoms with E-state index in [1.807, 2.05) is 22.7 Å². The van der Waals surface area contributed by atoms with Crippen LogP contribution in [-0.4, -0.2) is 0 Å². The van der Waals surface area contributed by atoms with E-state index in [9.17, 15) is 0 Å². The van der Waals surface area contributed by atoms with Crippen LogP contribution in [0.1, 0.15) is 5.56 Å². The summed E-state index contributed by atoms with van der Waals surface area (Å²) in [4.78, 5) is 1.36. The summed E-state index contributed by atoms with van der Waals surface area (Å²) in [5.41, 5.74) is 5.18. The molecule has 126 valence electrons. The Labute approximate surface area is 160 Å². The van der Waals surface area contributed by atoms with E-state index in [1.54, 1.807) is 0 Å². The SMILES string of the molecule is Cc1ccc(-c2ccccc2)cc1-c1sc2c3ccccc3sc2[n+]1C. The number of aromatic nitrogens is 1. The number of fused-ring (bicyclic) bond motifs is 3. The van der Waals surface area contributed by atoms with E-state index >= 15 is 0 Å². The highest BCUT2D eigenvalue weighted by molar-refractivity contribution is 7.32. The molecule has 2 heterocycles. The zero-order valence-corrected chi connectivity index (χ0v) is 16.3. The molecule has 0 unspecified atom stereocenters. The first-order chi connectivity index (χ1) is 12.7. The molecule has 2 aromatic heterocycles. The van der Waals surface area contributed by atoms with Gasteiger partial charge in [0.15, 0.2) is 0 Å². The largest absolute Gasteiger partial charge is 0.281 e. The van der Waals surface area contributed by atoms with Gasteiger partial charge in [0.2, 0.25) is 0 Å². The fourth-order valence-corrected chi connectivity index (χ4v) is 6.19. The van der Waals surface area contributed by atoms with Crippen molar-refractivity contribution in [1.29, 1.82) is 0 Å². The minimum absolute atomic E-state index is 1.26. The van der Waals surface area contributed by atoms with Crippen molar-refractivity contribution in [3.05, 3.63) is 78.4 Å². The van der Waals surface area contributed by atoms with Crippen molar-refractivity contribution >= 4 is 42.3 Å². The van der Waals surface area contributed by atoms with E-state index in [4.69, 9.17) is 0 Å². The molecule has 0 saturated heterocycles. The molecule has 0 aliphatic heterocycles. The lowest BCUT2D eigenvalue weighted by Crippen LogP contribution is -2.27. The van der Waals surface area contributed by atoms with Crippen LogP contribution in [0.4, 0.5) is 0 Å². The second kappa shape index (κ2) is 6.04. The molecule has 1 nitrogen and oxygen atoms in total. The second-order valence-electron chi connectivity index (χ2n) is 6.59. The summed E-state index contributed by atoms with van der Waals surface area (Å²) in [5.74, 6) is 0. The van der Waals surface area contributed by atoms with E-state index < -0.39 is 0 Å². The molecule has 0 saturated carbocycles. The zero-order valence-electron chi connectivity index (χ0n) is 14.7. The highest BCUT2D eigenvalue weighted by Gasteiger charge is 2.24. The van der Waals surface area contributed by atoms with Gasteiger partial charge in [-0.3, -0.25) is 0 Å². The lowest BCUT2D eigenvalue weighted by Gasteiger charge is -2.06. The van der Waals surface area contributed by atoms with E-state index in [-0.39, 0.29) is 0 Å². The zero-order chi connectivity index (χ0) is 17.7. The number of aryl methyl sites for hydroxylation is 2. The van der Waals surface area contributed by atoms with Crippen LogP contribution in [0.25, 0.3) is 41.3 Å². The fourth-order valence-electron chi connectivity index (χ4n) is 3.48. The van der Waals surface area contributed by atoms with E-state index in [0.29, 0.717) is 0 Å². The number of thiazole rings is 1. The molecule has 26 heavy (non-hydrogen) atoms. The molecule has 5 aromatic rings. The fraction of sp³-hybridized carbons (Fsp3) is 0.0870. The van der Waals surface area contributed by atoms with Gasteiger partial charge in [0.1, 0.15) is 11.7 Å². The molecule has 0 amide bonds. The molecule has 0 spiro atoms. The van der Waals surface area contributed by atoms with E-state index in [2.05, 4.69) is 91.3 Å². The number of hydrogen-bond acceptors (Lipinski definition) is 2.